The van der Waals surface area contributed by atoms with Crippen molar-refractivity contribution in [1.82, 2.24) is 19.9 Å². The van der Waals surface area contributed by atoms with E-state index in [1.165, 1.54) is 0 Å². The maximum atomic E-state index is 5.28. The molecule has 5 nitrogen and oxygen atoms in total. The van der Waals surface area contributed by atoms with Gasteiger partial charge >= 0.3 is 0 Å². The molecular formula is C13H12N4O. The molecule has 1 aromatic carbocycles. The number of hydrogen-bond donors (Lipinski definition) is 0. The third-order valence-electron chi connectivity index (χ3n) is 2.70. The van der Waals surface area contributed by atoms with Gasteiger partial charge in [0.2, 0.25) is 5.82 Å². The fraction of sp³-hybridized carbons (Fsp3) is 0.154. The van der Waals surface area contributed by atoms with Crippen LogP contribution in [0.25, 0.3) is 22.8 Å². The molecular weight excluding hydrogens is 228 g/mol. The van der Waals surface area contributed by atoms with Crippen molar-refractivity contribution >= 4 is 0 Å². The highest BCUT2D eigenvalue weighted by Gasteiger charge is 2.14. The molecule has 0 atom stereocenters. The van der Waals surface area contributed by atoms with Crippen molar-refractivity contribution in [3.63, 3.8) is 0 Å². The second-order valence-corrected chi connectivity index (χ2v) is 4.09. The predicted molar refractivity (Wildman–Crippen MR) is 66.7 cm³/mol. The predicted octanol–water partition coefficient (Wildman–Crippen LogP) is 2.45. The molecule has 2 aromatic heterocycles. The Kier molecular flexibility index (Phi) is 2.44. The van der Waals surface area contributed by atoms with E-state index in [1.807, 2.05) is 50.5 Å². The lowest BCUT2D eigenvalue weighted by Crippen LogP contribution is -1.86. The Balaban J connectivity index is 2.02. The summed E-state index contributed by atoms with van der Waals surface area (Å²) < 4.78 is 7.02. The molecule has 0 N–H and O–H groups in total. The zero-order valence-corrected chi connectivity index (χ0v) is 10.2. The Labute approximate surface area is 104 Å². The smallest absolute Gasteiger partial charge is 0.261 e. The van der Waals surface area contributed by atoms with Crippen molar-refractivity contribution < 1.29 is 4.52 Å². The van der Waals surface area contributed by atoms with Gasteiger partial charge in [0, 0.05) is 18.8 Å². The molecule has 18 heavy (non-hydrogen) atoms. The molecule has 90 valence electrons. The Hall–Kier alpha value is -2.43. The van der Waals surface area contributed by atoms with E-state index < -0.39 is 0 Å². The van der Waals surface area contributed by atoms with Crippen molar-refractivity contribution in [3.05, 3.63) is 42.2 Å². The van der Waals surface area contributed by atoms with Crippen LogP contribution in [0.15, 0.2) is 41.1 Å². The van der Waals surface area contributed by atoms with Crippen LogP contribution in [0.3, 0.4) is 0 Å². The highest BCUT2D eigenvalue weighted by molar-refractivity contribution is 5.60. The van der Waals surface area contributed by atoms with Gasteiger partial charge in [-0.1, -0.05) is 35.5 Å². The van der Waals surface area contributed by atoms with Crippen LogP contribution in [-0.2, 0) is 7.05 Å². The number of benzene rings is 1. The lowest BCUT2D eigenvalue weighted by Gasteiger charge is -1.90. The second-order valence-electron chi connectivity index (χ2n) is 4.09. The van der Waals surface area contributed by atoms with Crippen LogP contribution >= 0.6 is 0 Å². The Morgan fingerprint density at radius 3 is 2.61 bits per heavy atom. The van der Waals surface area contributed by atoms with Gasteiger partial charge < -0.3 is 4.52 Å². The lowest BCUT2D eigenvalue weighted by molar-refractivity contribution is 0.432. The van der Waals surface area contributed by atoms with Crippen LogP contribution < -0.4 is 0 Å². The van der Waals surface area contributed by atoms with E-state index in [0.717, 1.165) is 16.8 Å². The van der Waals surface area contributed by atoms with Crippen LogP contribution in [0.2, 0.25) is 0 Å². The average Bonchev–Trinajstić information content (AvgIpc) is 2.97. The zero-order valence-electron chi connectivity index (χ0n) is 10.2. The van der Waals surface area contributed by atoms with Crippen molar-refractivity contribution in [2.45, 2.75) is 6.92 Å². The third-order valence-corrected chi connectivity index (χ3v) is 2.70. The quantitative estimate of drug-likeness (QED) is 0.690. The van der Waals surface area contributed by atoms with E-state index in [9.17, 15) is 0 Å². The Morgan fingerprint density at radius 2 is 1.94 bits per heavy atom. The molecule has 0 radical (unpaired) electrons. The van der Waals surface area contributed by atoms with Gasteiger partial charge in [0.15, 0.2) is 0 Å². The molecule has 0 amide bonds. The minimum atomic E-state index is 0.499. The molecule has 0 aliphatic heterocycles. The summed E-state index contributed by atoms with van der Waals surface area (Å²) in [7, 11) is 1.87. The van der Waals surface area contributed by atoms with Crippen molar-refractivity contribution in [3.8, 4) is 22.8 Å². The van der Waals surface area contributed by atoms with E-state index in [4.69, 9.17) is 4.52 Å². The molecule has 0 saturated carbocycles. The van der Waals surface area contributed by atoms with Gasteiger partial charge in [-0.3, -0.25) is 4.68 Å². The van der Waals surface area contributed by atoms with Gasteiger partial charge in [0.1, 0.15) is 0 Å². The maximum absolute atomic E-state index is 5.28. The van der Waals surface area contributed by atoms with Crippen LogP contribution in [0.5, 0.6) is 0 Å². The summed E-state index contributed by atoms with van der Waals surface area (Å²) in [6, 6.07) is 9.74. The van der Waals surface area contributed by atoms with Gasteiger partial charge in [-0.25, -0.2) is 0 Å². The van der Waals surface area contributed by atoms with Crippen LogP contribution in [0.1, 0.15) is 5.69 Å². The van der Waals surface area contributed by atoms with Crippen molar-refractivity contribution in [1.29, 1.82) is 0 Å². The van der Waals surface area contributed by atoms with Gasteiger partial charge in [0.05, 0.1) is 11.3 Å². The van der Waals surface area contributed by atoms with Gasteiger partial charge in [0.25, 0.3) is 5.89 Å². The lowest BCUT2D eigenvalue weighted by atomic mass is 10.2. The number of aromatic nitrogens is 4. The summed E-state index contributed by atoms with van der Waals surface area (Å²) in [5, 5.41) is 8.25. The third kappa shape index (κ3) is 1.79. The van der Waals surface area contributed by atoms with Gasteiger partial charge in [-0.15, -0.1) is 0 Å². The fourth-order valence-corrected chi connectivity index (χ4v) is 1.85. The number of nitrogens with zero attached hydrogens (tertiary/aromatic N) is 4. The molecule has 3 rings (SSSR count). The molecule has 0 saturated heterocycles. The first kappa shape index (κ1) is 10.7. The van der Waals surface area contributed by atoms with Crippen molar-refractivity contribution in [2.75, 3.05) is 0 Å². The number of aryl methyl sites for hydroxylation is 2. The Morgan fingerprint density at radius 1 is 1.17 bits per heavy atom. The summed E-state index contributed by atoms with van der Waals surface area (Å²) >= 11 is 0. The van der Waals surface area contributed by atoms with E-state index in [1.54, 1.807) is 4.68 Å². The van der Waals surface area contributed by atoms with E-state index >= 15 is 0 Å². The fourth-order valence-electron chi connectivity index (χ4n) is 1.85. The van der Waals surface area contributed by atoms with Gasteiger partial charge in [-0.2, -0.15) is 10.1 Å². The van der Waals surface area contributed by atoms with E-state index in [-0.39, 0.29) is 0 Å². The summed E-state index contributed by atoms with van der Waals surface area (Å²) in [5.41, 5.74) is 2.68. The molecule has 0 bridgehead atoms. The number of hydrogen-bond acceptors (Lipinski definition) is 4. The summed E-state index contributed by atoms with van der Waals surface area (Å²) in [4.78, 5) is 4.39. The minimum absolute atomic E-state index is 0.499. The molecule has 3 aromatic rings. The first-order chi connectivity index (χ1) is 8.74. The van der Waals surface area contributed by atoms with Crippen molar-refractivity contribution in [2.24, 2.45) is 7.05 Å². The monoisotopic (exact) mass is 240 g/mol. The highest BCUT2D eigenvalue weighted by Crippen LogP contribution is 2.23. The van der Waals surface area contributed by atoms with Gasteiger partial charge in [-0.05, 0) is 6.92 Å². The first-order valence-corrected chi connectivity index (χ1v) is 5.64. The molecule has 2 heterocycles. The highest BCUT2D eigenvalue weighted by atomic mass is 16.5. The maximum Gasteiger partial charge on any atom is 0.261 e. The molecule has 0 fully saturated rings. The van der Waals surface area contributed by atoms with Crippen LogP contribution in [0.4, 0.5) is 0 Å². The SMILES string of the molecule is Cc1nn(C)cc1-c1nc(-c2ccccc2)no1. The largest absolute Gasteiger partial charge is 0.333 e. The van der Waals surface area contributed by atoms with E-state index in [0.29, 0.717) is 11.7 Å². The van der Waals surface area contributed by atoms with Crippen LogP contribution in [0, 0.1) is 6.92 Å². The van der Waals surface area contributed by atoms with E-state index in [2.05, 4.69) is 15.2 Å². The topological polar surface area (TPSA) is 56.7 Å². The Bertz CT molecular complexity index is 669. The first-order valence-electron chi connectivity index (χ1n) is 5.64. The number of rotatable bonds is 2. The zero-order chi connectivity index (χ0) is 12.5. The summed E-state index contributed by atoms with van der Waals surface area (Å²) in [5.74, 6) is 1.09. The molecule has 0 spiro atoms. The van der Waals surface area contributed by atoms with Crippen LogP contribution in [-0.4, -0.2) is 19.9 Å². The summed E-state index contributed by atoms with van der Waals surface area (Å²) in [6.07, 6.45) is 1.87. The average molecular weight is 240 g/mol. The second kappa shape index (κ2) is 4.10. The summed E-state index contributed by atoms with van der Waals surface area (Å²) in [6.45, 7) is 1.92. The molecule has 0 aliphatic rings. The standard InChI is InChI=1S/C13H12N4O/c1-9-11(8-17(2)15-9)13-14-12(16-18-13)10-6-4-3-5-7-10/h3-8H,1-2H3. The normalized spacial score (nSPS) is 10.8. The molecule has 0 unspecified atom stereocenters. The molecule has 0 aliphatic carbocycles. The minimum Gasteiger partial charge on any atom is -0.333 e. The molecule has 5 heteroatoms.